The summed E-state index contributed by atoms with van der Waals surface area (Å²) in [4.78, 5) is 0. The van der Waals surface area contributed by atoms with Crippen LogP contribution in [0.2, 0.25) is 0 Å². The van der Waals surface area contributed by atoms with E-state index in [0.717, 1.165) is 22.3 Å². The zero-order valence-electron chi connectivity index (χ0n) is 14.3. The number of hydrogen-bond acceptors (Lipinski definition) is 2. The Bertz CT molecular complexity index is 915. The molecule has 26 heavy (non-hydrogen) atoms. The smallest absolute Gasteiger partial charge is 0.0831 e. The molecule has 0 N–H and O–H groups in total. The molecule has 1 atom stereocenters. The van der Waals surface area contributed by atoms with Crippen LogP contribution in [0.25, 0.3) is 6.08 Å². The van der Waals surface area contributed by atoms with E-state index >= 15 is 0 Å². The Morgan fingerprint density at radius 3 is 2.15 bits per heavy atom. The maximum absolute atomic E-state index is 4.91. The number of hydrogen-bond donors (Lipinski definition) is 0. The third-order valence-corrected chi connectivity index (χ3v) is 5.01. The molecule has 1 unspecified atom stereocenters. The molecular weight excluding hydrogens is 384 g/mol. The summed E-state index contributed by atoms with van der Waals surface area (Å²) in [6.45, 7) is 0. The Balaban J connectivity index is 1.65. The Kier molecular flexibility index (Phi) is 4.98. The van der Waals surface area contributed by atoms with Crippen LogP contribution in [-0.2, 0) is 0 Å². The quantitative estimate of drug-likeness (QED) is 0.488. The fraction of sp³-hybridized carbons (Fsp3) is 0.0870. The van der Waals surface area contributed by atoms with Gasteiger partial charge in [-0.05, 0) is 41.5 Å². The van der Waals surface area contributed by atoms with Crippen molar-refractivity contribution >= 4 is 33.4 Å². The highest BCUT2D eigenvalue weighted by molar-refractivity contribution is 9.10. The summed E-state index contributed by atoms with van der Waals surface area (Å²) >= 11 is 3.51. The number of benzene rings is 3. The van der Waals surface area contributed by atoms with Crippen molar-refractivity contribution in [1.29, 1.82) is 0 Å². The standard InChI is InChI=1S/C23H19BrN2/c24-20-12-15-22(16-13-20)26-23(19-9-5-2-6-10-19)17-21(25-26)14-11-18-7-3-1-4-8-18/h1-16,23H,17H2. The summed E-state index contributed by atoms with van der Waals surface area (Å²) in [6.07, 6.45) is 5.15. The third kappa shape index (κ3) is 3.78. The van der Waals surface area contributed by atoms with Crippen molar-refractivity contribution in [3.05, 3.63) is 107 Å². The van der Waals surface area contributed by atoms with Crippen molar-refractivity contribution < 1.29 is 0 Å². The van der Waals surface area contributed by atoms with Gasteiger partial charge in [-0.2, -0.15) is 5.10 Å². The van der Waals surface area contributed by atoms with Gasteiger partial charge in [-0.3, -0.25) is 5.01 Å². The molecule has 3 aromatic rings. The highest BCUT2D eigenvalue weighted by Crippen LogP contribution is 2.35. The Labute approximate surface area is 162 Å². The molecule has 0 bridgehead atoms. The second-order valence-electron chi connectivity index (χ2n) is 6.29. The Hall–Kier alpha value is -2.65. The van der Waals surface area contributed by atoms with Crippen molar-refractivity contribution in [2.24, 2.45) is 5.10 Å². The average Bonchev–Trinajstić information content (AvgIpc) is 3.13. The average molecular weight is 403 g/mol. The van der Waals surface area contributed by atoms with Crippen LogP contribution in [0.3, 0.4) is 0 Å². The first-order chi connectivity index (χ1) is 12.8. The molecule has 0 amide bonds. The topological polar surface area (TPSA) is 15.6 Å². The maximum atomic E-state index is 4.91. The largest absolute Gasteiger partial charge is 0.257 e. The third-order valence-electron chi connectivity index (χ3n) is 4.48. The van der Waals surface area contributed by atoms with Crippen molar-refractivity contribution in [3.63, 3.8) is 0 Å². The lowest BCUT2D eigenvalue weighted by molar-refractivity contribution is 0.709. The van der Waals surface area contributed by atoms with Gasteiger partial charge in [0.05, 0.1) is 17.4 Å². The fourth-order valence-corrected chi connectivity index (χ4v) is 3.42. The van der Waals surface area contributed by atoms with Gasteiger partial charge < -0.3 is 0 Å². The Morgan fingerprint density at radius 2 is 1.46 bits per heavy atom. The zero-order valence-corrected chi connectivity index (χ0v) is 15.9. The molecule has 1 heterocycles. The molecule has 2 nitrogen and oxygen atoms in total. The first kappa shape index (κ1) is 16.8. The van der Waals surface area contributed by atoms with Crippen molar-refractivity contribution in [1.82, 2.24) is 0 Å². The van der Waals surface area contributed by atoms with E-state index in [9.17, 15) is 0 Å². The first-order valence-electron chi connectivity index (χ1n) is 8.70. The van der Waals surface area contributed by atoms with Crippen LogP contribution in [0, 0.1) is 0 Å². The summed E-state index contributed by atoms with van der Waals surface area (Å²) in [7, 11) is 0. The zero-order chi connectivity index (χ0) is 17.8. The molecule has 4 rings (SSSR count). The number of hydrazone groups is 1. The van der Waals surface area contributed by atoms with Crippen LogP contribution < -0.4 is 5.01 Å². The minimum Gasteiger partial charge on any atom is -0.257 e. The predicted molar refractivity (Wildman–Crippen MR) is 113 cm³/mol. The Morgan fingerprint density at radius 1 is 0.808 bits per heavy atom. The monoisotopic (exact) mass is 402 g/mol. The molecule has 128 valence electrons. The van der Waals surface area contributed by atoms with E-state index in [-0.39, 0.29) is 6.04 Å². The van der Waals surface area contributed by atoms with Crippen molar-refractivity contribution in [3.8, 4) is 0 Å². The molecule has 1 aliphatic heterocycles. The predicted octanol–water partition coefficient (Wildman–Crippen LogP) is 6.47. The highest BCUT2D eigenvalue weighted by atomic mass is 79.9. The van der Waals surface area contributed by atoms with E-state index in [0.29, 0.717) is 0 Å². The molecule has 0 fully saturated rings. The van der Waals surface area contributed by atoms with Gasteiger partial charge in [-0.1, -0.05) is 82.7 Å². The van der Waals surface area contributed by atoms with Crippen LogP contribution >= 0.6 is 15.9 Å². The number of rotatable bonds is 4. The van der Waals surface area contributed by atoms with Gasteiger partial charge >= 0.3 is 0 Å². The van der Waals surface area contributed by atoms with Crippen molar-refractivity contribution in [2.75, 3.05) is 5.01 Å². The summed E-state index contributed by atoms with van der Waals surface area (Å²) in [6, 6.07) is 29.5. The highest BCUT2D eigenvalue weighted by Gasteiger charge is 2.27. The molecule has 0 aromatic heterocycles. The van der Waals surface area contributed by atoms with E-state index in [1.54, 1.807) is 0 Å². The lowest BCUT2D eigenvalue weighted by atomic mass is 10.0. The molecular formula is C23H19BrN2. The van der Waals surface area contributed by atoms with Gasteiger partial charge in [0.25, 0.3) is 0 Å². The van der Waals surface area contributed by atoms with E-state index in [4.69, 9.17) is 5.10 Å². The van der Waals surface area contributed by atoms with Crippen molar-refractivity contribution in [2.45, 2.75) is 12.5 Å². The molecule has 1 aliphatic rings. The normalized spacial score (nSPS) is 16.9. The lowest BCUT2D eigenvalue weighted by Gasteiger charge is -2.24. The van der Waals surface area contributed by atoms with Gasteiger partial charge in [0.1, 0.15) is 0 Å². The lowest BCUT2D eigenvalue weighted by Crippen LogP contribution is -2.18. The van der Waals surface area contributed by atoms with Crippen LogP contribution in [0.4, 0.5) is 5.69 Å². The van der Waals surface area contributed by atoms with E-state index in [1.165, 1.54) is 11.1 Å². The minimum absolute atomic E-state index is 0.216. The molecule has 0 radical (unpaired) electrons. The summed E-state index contributed by atoms with van der Waals surface area (Å²) in [5, 5.41) is 7.04. The van der Waals surface area contributed by atoms with E-state index < -0.39 is 0 Å². The summed E-state index contributed by atoms with van der Waals surface area (Å²) in [5.41, 5.74) is 4.66. The first-order valence-corrected chi connectivity index (χ1v) is 9.49. The van der Waals surface area contributed by atoms with Gasteiger partial charge in [0, 0.05) is 10.9 Å². The summed E-state index contributed by atoms with van der Waals surface area (Å²) in [5.74, 6) is 0. The molecule has 3 heteroatoms. The van der Waals surface area contributed by atoms with Crippen LogP contribution in [0.15, 0.2) is 101 Å². The van der Waals surface area contributed by atoms with E-state index in [2.05, 4.69) is 112 Å². The van der Waals surface area contributed by atoms with Crippen LogP contribution in [0.5, 0.6) is 0 Å². The molecule has 3 aromatic carbocycles. The maximum Gasteiger partial charge on any atom is 0.0831 e. The molecule has 0 saturated carbocycles. The minimum atomic E-state index is 0.216. The van der Waals surface area contributed by atoms with Gasteiger partial charge in [-0.15, -0.1) is 0 Å². The van der Waals surface area contributed by atoms with Crippen LogP contribution in [0.1, 0.15) is 23.6 Å². The second-order valence-corrected chi connectivity index (χ2v) is 7.20. The van der Waals surface area contributed by atoms with Gasteiger partial charge in [0.15, 0.2) is 0 Å². The SMILES string of the molecule is Brc1ccc(N2N=C(C=Cc3ccccc3)CC2c2ccccc2)cc1. The van der Waals surface area contributed by atoms with Gasteiger partial charge in [-0.25, -0.2) is 0 Å². The summed E-state index contributed by atoms with van der Waals surface area (Å²) < 4.78 is 1.07. The number of halogens is 1. The fourth-order valence-electron chi connectivity index (χ4n) is 3.16. The van der Waals surface area contributed by atoms with E-state index in [1.807, 2.05) is 6.07 Å². The number of allylic oxidation sites excluding steroid dienone is 1. The second kappa shape index (κ2) is 7.71. The molecule has 0 aliphatic carbocycles. The molecule has 0 saturated heterocycles. The van der Waals surface area contributed by atoms with Gasteiger partial charge in [0.2, 0.25) is 0 Å². The molecule has 0 spiro atoms. The van der Waals surface area contributed by atoms with Crippen LogP contribution in [-0.4, -0.2) is 5.71 Å². The number of nitrogens with zero attached hydrogens (tertiary/aromatic N) is 2. The number of anilines is 1.